The molecule has 0 spiro atoms. The van der Waals surface area contributed by atoms with Crippen molar-refractivity contribution in [1.82, 2.24) is 19.7 Å². The van der Waals surface area contributed by atoms with Crippen LogP contribution in [0.15, 0.2) is 47.9 Å². The molecule has 0 aliphatic heterocycles. The van der Waals surface area contributed by atoms with Crippen LogP contribution in [0.2, 0.25) is 0 Å². The van der Waals surface area contributed by atoms with E-state index in [2.05, 4.69) is 15.2 Å². The van der Waals surface area contributed by atoms with Gasteiger partial charge in [-0.15, -0.1) is 10.2 Å². The second-order valence-electron chi connectivity index (χ2n) is 5.71. The van der Waals surface area contributed by atoms with Crippen molar-refractivity contribution in [2.75, 3.05) is 6.61 Å². The lowest BCUT2D eigenvalue weighted by Gasteiger charge is -2.11. The Morgan fingerprint density at radius 1 is 1.27 bits per heavy atom. The summed E-state index contributed by atoms with van der Waals surface area (Å²) in [5, 5.41) is 9.34. The van der Waals surface area contributed by atoms with Gasteiger partial charge < -0.3 is 9.30 Å². The minimum atomic E-state index is 0.0387. The molecule has 0 aliphatic rings. The summed E-state index contributed by atoms with van der Waals surface area (Å²) in [7, 11) is 1.93. The minimum absolute atomic E-state index is 0.0387. The molecule has 0 amide bonds. The molecule has 0 fully saturated rings. The Labute approximate surface area is 156 Å². The molecule has 0 bridgehead atoms. The van der Waals surface area contributed by atoms with Crippen LogP contribution < -0.4 is 4.74 Å². The number of ether oxygens (including phenoxy) is 1. The van der Waals surface area contributed by atoms with Gasteiger partial charge in [0, 0.05) is 41.9 Å². The Kier molecular flexibility index (Phi) is 5.68. The van der Waals surface area contributed by atoms with E-state index in [4.69, 9.17) is 4.74 Å². The Hall–Kier alpha value is -2.67. The largest absolute Gasteiger partial charge is 0.494 e. The van der Waals surface area contributed by atoms with Gasteiger partial charge in [0.15, 0.2) is 16.8 Å². The first-order valence-electron chi connectivity index (χ1n) is 8.29. The summed E-state index contributed by atoms with van der Waals surface area (Å²) in [5.74, 6) is 2.23. The minimum Gasteiger partial charge on any atom is -0.494 e. The summed E-state index contributed by atoms with van der Waals surface area (Å²) in [6.45, 7) is 4.08. The first-order chi connectivity index (χ1) is 12.6. The number of Topliss-reactive ketones (excluding diaryl/α,β-unsaturated/α-hetero) is 1. The van der Waals surface area contributed by atoms with E-state index in [-0.39, 0.29) is 5.78 Å². The zero-order valence-corrected chi connectivity index (χ0v) is 15.8. The number of hydrogen-bond acceptors (Lipinski definition) is 6. The average molecular weight is 368 g/mol. The van der Waals surface area contributed by atoms with Crippen molar-refractivity contribution in [3.8, 4) is 17.1 Å². The van der Waals surface area contributed by atoms with Crippen molar-refractivity contribution in [2.24, 2.45) is 7.05 Å². The van der Waals surface area contributed by atoms with Crippen LogP contribution in [-0.2, 0) is 12.8 Å². The molecule has 0 atom stereocenters. The van der Waals surface area contributed by atoms with Gasteiger partial charge in [0.1, 0.15) is 5.75 Å². The third kappa shape index (κ3) is 3.94. The van der Waals surface area contributed by atoms with Gasteiger partial charge in [-0.1, -0.05) is 11.8 Å². The van der Waals surface area contributed by atoms with E-state index in [1.54, 1.807) is 37.1 Å². The van der Waals surface area contributed by atoms with Gasteiger partial charge in [-0.2, -0.15) is 0 Å². The van der Waals surface area contributed by atoms with Gasteiger partial charge in [-0.25, -0.2) is 0 Å². The van der Waals surface area contributed by atoms with Gasteiger partial charge >= 0.3 is 0 Å². The number of aromatic nitrogens is 4. The zero-order valence-electron chi connectivity index (χ0n) is 15.0. The molecule has 1 aromatic carbocycles. The highest BCUT2D eigenvalue weighted by Crippen LogP contribution is 2.29. The summed E-state index contributed by atoms with van der Waals surface area (Å²) < 4.78 is 7.63. The Balaban J connectivity index is 1.82. The SMILES string of the molecule is CCOc1ccc(C(C)=O)cc1CSc1nnc(-c2cccnc2)n1C. The van der Waals surface area contributed by atoms with E-state index in [0.29, 0.717) is 17.9 Å². The maximum atomic E-state index is 11.7. The van der Waals surface area contributed by atoms with Crippen molar-refractivity contribution in [3.63, 3.8) is 0 Å². The molecule has 7 heteroatoms. The quantitative estimate of drug-likeness (QED) is 0.467. The number of rotatable bonds is 7. The highest BCUT2D eigenvalue weighted by atomic mass is 32.2. The number of ketones is 1. The van der Waals surface area contributed by atoms with E-state index in [9.17, 15) is 4.79 Å². The van der Waals surface area contributed by atoms with Crippen LogP contribution in [0.3, 0.4) is 0 Å². The lowest BCUT2D eigenvalue weighted by Crippen LogP contribution is -2.00. The molecule has 0 N–H and O–H groups in total. The molecular weight excluding hydrogens is 348 g/mol. The second kappa shape index (κ2) is 8.14. The summed E-state index contributed by atoms with van der Waals surface area (Å²) in [6, 6.07) is 9.37. The first-order valence-corrected chi connectivity index (χ1v) is 9.28. The van der Waals surface area contributed by atoms with E-state index in [1.165, 1.54) is 0 Å². The number of carbonyl (C=O) groups excluding carboxylic acids is 1. The van der Waals surface area contributed by atoms with Crippen molar-refractivity contribution in [1.29, 1.82) is 0 Å². The van der Waals surface area contributed by atoms with Gasteiger partial charge in [0.25, 0.3) is 0 Å². The van der Waals surface area contributed by atoms with Gasteiger partial charge in [0.2, 0.25) is 0 Å². The van der Waals surface area contributed by atoms with Crippen molar-refractivity contribution in [2.45, 2.75) is 24.8 Å². The van der Waals surface area contributed by atoms with Crippen molar-refractivity contribution in [3.05, 3.63) is 53.9 Å². The monoisotopic (exact) mass is 368 g/mol. The Bertz CT molecular complexity index is 909. The number of pyridine rings is 1. The third-order valence-electron chi connectivity index (χ3n) is 3.88. The molecule has 0 saturated carbocycles. The fraction of sp³-hybridized carbons (Fsp3) is 0.263. The maximum Gasteiger partial charge on any atom is 0.191 e. The van der Waals surface area contributed by atoms with Gasteiger partial charge in [0.05, 0.1) is 6.61 Å². The Morgan fingerprint density at radius 2 is 2.12 bits per heavy atom. The number of nitrogens with zero attached hydrogens (tertiary/aromatic N) is 4. The fourth-order valence-corrected chi connectivity index (χ4v) is 3.43. The Morgan fingerprint density at radius 3 is 2.81 bits per heavy atom. The first kappa shape index (κ1) is 18.1. The molecule has 0 saturated heterocycles. The molecule has 6 nitrogen and oxygen atoms in total. The predicted octanol–water partition coefficient (Wildman–Crippen LogP) is 3.77. The third-order valence-corrected chi connectivity index (χ3v) is 4.95. The summed E-state index contributed by atoms with van der Waals surface area (Å²) >= 11 is 1.55. The highest BCUT2D eigenvalue weighted by molar-refractivity contribution is 7.98. The molecule has 2 heterocycles. The second-order valence-corrected chi connectivity index (χ2v) is 6.65. The molecule has 3 aromatic rings. The van der Waals surface area contributed by atoms with Crippen LogP contribution in [-0.4, -0.2) is 32.1 Å². The summed E-state index contributed by atoms with van der Waals surface area (Å²) in [5.41, 5.74) is 2.57. The van der Waals surface area contributed by atoms with Crippen LogP contribution in [0, 0.1) is 0 Å². The molecule has 134 valence electrons. The molecular formula is C19H20N4O2S. The van der Waals surface area contributed by atoms with E-state index in [0.717, 1.165) is 27.9 Å². The van der Waals surface area contributed by atoms with Gasteiger partial charge in [-0.3, -0.25) is 9.78 Å². The molecule has 2 aromatic heterocycles. The van der Waals surface area contributed by atoms with Crippen LogP contribution in [0.4, 0.5) is 0 Å². The van der Waals surface area contributed by atoms with Crippen molar-refractivity contribution < 1.29 is 9.53 Å². The summed E-state index contributed by atoms with van der Waals surface area (Å²) in [4.78, 5) is 15.8. The number of benzene rings is 1. The lowest BCUT2D eigenvalue weighted by atomic mass is 10.1. The van der Waals surface area contributed by atoms with E-state index < -0.39 is 0 Å². The zero-order chi connectivity index (χ0) is 18.5. The van der Waals surface area contributed by atoms with Crippen LogP contribution >= 0.6 is 11.8 Å². The molecule has 0 aliphatic carbocycles. The van der Waals surface area contributed by atoms with Gasteiger partial charge in [-0.05, 0) is 44.2 Å². The van der Waals surface area contributed by atoms with Crippen molar-refractivity contribution >= 4 is 17.5 Å². The number of carbonyl (C=O) groups is 1. The topological polar surface area (TPSA) is 69.9 Å². The van der Waals surface area contributed by atoms with Crippen LogP contribution in [0.25, 0.3) is 11.4 Å². The predicted molar refractivity (Wildman–Crippen MR) is 101 cm³/mol. The average Bonchev–Trinajstić information content (AvgIpc) is 3.02. The fourth-order valence-electron chi connectivity index (χ4n) is 2.54. The standard InChI is InChI=1S/C19H20N4O2S/c1-4-25-17-8-7-14(13(2)24)10-16(17)12-26-19-22-21-18(23(19)3)15-6-5-9-20-11-15/h5-11H,4,12H2,1-3H3. The van der Waals surface area contributed by atoms with Crippen LogP contribution in [0.5, 0.6) is 5.75 Å². The molecule has 0 unspecified atom stereocenters. The summed E-state index contributed by atoms with van der Waals surface area (Å²) in [6.07, 6.45) is 3.49. The molecule has 26 heavy (non-hydrogen) atoms. The lowest BCUT2D eigenvalue weighted by molar-refractivity contribution is 0.101. The highest BCUT2D eigenvalue weighted by Gasteiger charge is 2.14. The smallest absolute Gasteiger partial charge is 0.191 e. The van der Waals surface area contributed by atoms with E-state index >= 15 is 0 Å². The number of hydrogen-bond donors (Lipinski definition) is 0. The van der Waals surface area contributed by atoms with Crippen LogP contribution in [0.1, 0.15) is 29.8 Å². The normalized spacial score (nSPS) is 10.7. The number of thioether (sulfide) groups is 1. The molecule has 0 radical (unpaired) electrons. The maximum absolute atomic E-state index is 11.7. The van der Waals surface area contributed by atoms with E-state index in [1.807, 2.05) is 42.8 Å². The molecule has 3 rings (SSSR count).